The van der Waals surface area contributed by atoms with Gasteiger partial charge in [0.1, 0.15) is 4.99 Å². The number of hydrogen-bond donors (Lipinski definition) is 2. The first-order valence-corrected chi connectivity index (χ1v) is 6.47. The van der Waals surface area contributed by atoms with Crippen LogP contribution in [-0.4, -0.2) is 11.0 Å². The lowest BCUT2D eigenvalue weighted by Crippen LogP contribution is -2.21. The lowest BCUT2D eigenvalue weighted by Gasteiger charge is -2.18. The van der Waals surface area contributed by atoms with Crippen LogP contribution >= 0.6 is 12.2 Å². The molecule has 1 aliphatic carbocycles. The van der Waals surface area contributed by atoms with E-state index in [1.165, 1.54) is 6.07 Å². The van der Waals surface area contributed by atoms with Gasteiger partial charge in [0.2, 0.25) is 0 Å². The van der Waals surface area contributed by atoms with Gasteiger partial charge in [0.25, 0.3) is 0 Å². The highest BCUT2D eigenvalue weighted by Gasteiger charge is 2.32. The first-order valence-electron chi connectivity index (χ1n) is 6.06. The number of benzene rings is 1. The maximum Gasteiger partial charge on any atom is 0.416 e. The Morgan fingerprint density at radius 1 is 1.42 bits per heavy atom. The van der Waals surface area contributed by atoms with Crippen molar-refractivity contribution in [2.24, 2.45) is 11.7 Å². The lowest BCUT2D eigenvalue weighted by atomic mass is 10.1. The van der Waals surface area contributed by atoms with Crippen molar-refractivity contribution in [1.82, 2.24) is 0 Å². The number of thiocarbonyl (C=S) groups is 1. The minimum atomic E-state index is -4.39. The maximum absolute atomic E-state index is 12.7. The van der Waals surface area contributed by atoms with Crippen molar-refractivity contribution in [3.63, 3.8) is 0 Å². The fourth-order valence-corrected chi connectivity index (χ4v) is 2.18. The van der Waals surface area contributed by atoms with Gasteiger partial charge in [-0.3, -0.25) is 0 Å². The van der Waals surface area contributed by atoms with Gasteiger partial charge in [-0.15, -0.1) is 0 Å². The van der Waals surface area contributed by atoms with Crippen molar-refractivity contribution in [3.8, 4) is 0 Å². The largest absolute Gasteiger partial charge is 0.416 e. The third-order valence-corrected chi connectivity index (χ3v) is 3.54. The van der Waals surface area contributed by atoms with Gasteiger partial charge in [-0.25, -0.2) is 0 Å². The zero-order valence-electron chi connectivity index (χ0n) is 10.4. The molecule has 0 aliphatic heterocycles. The molecule has 1 fully saturated rings. The second-order valence-electron chi connectivity index (χ2n) is 4.89. The summed E-state index contributed by atoms with van der Waals surface area (Å²) in [5, 5.41) is 3.20. The highest BCUT2D eigenvalue weighted by Crippen LogP contribution is 2.36. The minimum Gasteiger partial charge on any atom is -0.389 e. The molecule has 1 aromatic rings. The summed E-state index contributed by atoms with van der Waals surface area (Å²) in [6.45, 7) is 2.01. The van der Waals surface area contributed by atoms with Gasteiger partial charge in [-0.1, -0.05) is 12.2 Å². The summed E-state index contributed by atoms with van der Waals surface area (Å²) in [4.78, 5) is -0.0309. The average Bonchev–Trinajstić information content (AvgIpc) is 3.11. The summed E-state index contributed by atoms with van der Waals surface area (Å²) in [6.07, 6.45) is -2.09. The summed E-state index contributed by atoms with van der Waals surface area (Å²) in [6, 6.07) is 3.66. The van der Waals surface area contributed by atoms with Crippen molar-refractivity contribution in [2.45, 2.75) is 32.0 Å². The number of nitrogens with one attached hydrogen (secondary N) is 1. The Balaban J connectivity index is 2.29. The van der Waals surface area contributed by atoms with Crippen molar-refractivity contribution >= 4 is 22.9 Å². The van der Waals surface area contributed by atoms with E-state index in [0.29, 0.717) is 11.6 Å². The molecule has 2 rings (SSSR count). The maximum atomic E-state index is 12.7. The smallest absolute Gasteiger partial charge is 0.389 e. The molecule has 6 heteroatoms. The topological polar surface area (TPSA) is 38.0 Å². The van der Waals surface area contributed by atoms with Gasteiger partial charge in [-0.05, 0) is 43.9 Å². The third kappa shape index (κ3) is 3.37. The normalized spacial score (nSPS) is 17.1. The molecule has 0 bridgehead atoms. The van der Waals surface area contributed by atoms with Gasteiger partial charge < -0.3 is 11.1 Å². The molecule has 0 radical (unpaired) electrons. The van der Waals surface area contributed by atoms with Crippen LogP contribution in [0, 0.1) is 5.92 Å². The molecular formula is C13H15F3N2S. The Bertz CT molecular complexity index is 495. The van der Waals surface area contributed by atoms with Crippen LogP contribution in [-0.2, 0) is 6.18 Å². The van der Waals surface area contributed by atoms with Gasteiger partial charge in [0.05, 0.1) is 5.56 Å². The Labute approximate surface area is 115 Å². The minimum absolute atomic E-state index is 0.0309. The molecule has 0 aromatic heterocycles. The van der Waals surface area contributed by atoms with E-state index in [0.717, 1.165) is 25.0 Å². The van der Waals surface area contributed by atoms with Crippen LogP contribution in [0.15, 0.2) is 18.2 Å². The number of halogens is 3. The average molecular weight is 288 g/mol. The number of hydrogen-bond acceptors (Lipinski definition) is 2. The zero-order valence-corrected chi connectivity index (χ0v) is 11.2. The number of anilines is 1. The van der Waals surface area contributed by atoms with Crippen molar-refractivity contribution in [2.75, 3.05) is 5.32 Å². The molecule has 3 N–H and O–H groups in total. The van der Waals surface area contributed by atoms with Gasteiger partial charge in [0.15, 0.2) is 0 Å². The number of nitrogens with two attached hydrogens (primary N) is 1. The molecule has 0 heterocycles. The fourth-order valence-electron chi connectivity index (χ4n) is 2.01. The van der Waals surface area contributed by atoms with Gasteiger partial charge in [-0.2, -0.15) is 13.2 Å². The predicted molar refractivity (Wildman–Crippen MR) is 73.1 cm³/mol. The summed E-state index contributed by atoms with van der Waals surface area (Å²) < 4.78 is 38.0. The van der Waals surface area contributed by atoms with E-state index in [1.54, 1.807) is 0 Å². The van der Waals surface area contributed by atoms with E-state index in [9.17, 15) is 13.2 Å². The predicted octanol–water partition coefficient (Wildman–Crippen LogP) is 3.55. The van der Waals surface area contributed by atoms with Crippen LogP contribution in [0.1, 0.15) is 30.9 Å². The van der Waals surface area contributed by atoms with Gasteiger partial charge >= 0.3 is 6.18 Å². The SMILES string of the molecule is CC(Nc1ccc(C(F)(F)F)cc1C(N)=S)C1CC1. The van der Waals surface area contributed by atoms with Crippen LogP contribution in [0.25, 0.3) is 0 Å². The summed E-state index contributed by atoms with van der Waals surface area (Å²) >= 11 is 4.84. The van der Waals surface area contributed by atoms with E-state index < -0.39 is 11.7 Å². The Morgan fingerprint density at radius 3 is 2.53 bits per heavy atom. The van der Waals surface area contributed by atoms with E-state index in [1.807, 2.05) is 6.92 Å². The third-order valence-electron chi connectivity index (χ3n) is 3.32. The van der Waals surface area contributed by atoms with E-state index in [-0.39, 0.29) is 16.6 Å². The highest BCUT2D eigenvalue weighted by atomic mass is 32.1. The van der Waals surface area contributed by atoms with E-state index in [4.69, 9.17) is 18.0 Å². The zero-order chi connectivity index (χ0) is 14.2. The highest BCUT2D eigenvalue weighted by molar-refractivity contribution is 7.80. The molecule has 1 unspecified atom stereocenters. The van der Waals surface area contributed by atoms with Crippen LogP contribution in [0.2, 0.25) is 0 Å². The molecule has 0 saturated heterocycles. The number of alkyl halides is 3. The molecule has 0 spiro atoms. The molecule has 1 aliphatic rings. The van der Waals surface area contributed by atoms with Crippen LogP contribution < -0.4 is 11.1 Å². The van der Waals surface area contributed by atoms with Crippen LogP contribution in [0.4, 0.5) is 18.9 Å². The first kappa shape index (κ1) is 14.1. The molecule has 1 atom stereocenters. The fraction of sp³-hybridized carbons (Fsp3) is 0.462. The monoisotopic (exact) mass is 288 g/mol. The first-order chi connectivity index (χ1) is 8.79. The van der Waals surface area contributed by atoms with Gasteiger partial charge in [0, 0.05) is 17.3 Å². The molecule has 1 aromatic carbocycles. The second kappa shape index (κ2) is 5.00. The Hall–Kier alpha value is -1.30. The molecule has 19 heavy (non-hydrogen) atoms. The standard InChI is InChI=1S/C13H15F3N2S/c1-7(8-2-3-8)18-11-5-4-9(13(14,15)16)6-10(11)12(17)19/h4-8,18H,2-3H2,1H3,(H2,17,19). The lowest BCUT2D eigenvalue weighted by molar-refractivity contribution is -0.137. The van der Waals surface area contributed by atoms with E-state index >= 15 is 0 Å². The van der Waals surface area contributed by atoms with Crippen molar-refractivity contribution < 1.29 is 13.2 Å². The summed E-state index contributed by atoms with van der Waals surface area (Å²) in [5.41, 5.74) is 5.60. The quantitative estimate of drug-likeness (QED) is 0.832. The van der Waals surface area contributed by atoms with Crippen molar-refractivity contribution in [1.29, 1.82) is 0 Å². The molecule has 1 saturated carbocycles. The molecule has 2 nitrogen and oxygen atoms in total. The van der Waals surface area contributed by atoms with Crippen LogP contribution in [0.5, 0.6) is 0 Å². The molecule has 104 valence electrons. The van der Waals surface area contributed by atoms with Crippen LogP contribution in [0.3, 0.4) is 0 Å². The Morgan fingerprint density at radius 2 is 2.05 bits per heavy atom. The summed E-state index contributed by atoms with van der Waals surface area (Å²) in [7, 11) is 0. The molecular weight excluding hydrogens is 273 g/mol. The Kier molecular flexibility index (Phi) is 3.71. The second-order valence-corrected chi connectivity index (χ2v) is 5.33. The molecule has 0 amide bonds. The van der Waals surface area contributed by atoms with E-state index in [2.05, 4.69) is 5.32 Å². The van der Waals surface area contributed by atoms with Crippen molar-refractivity contribution in [3.05, 3.63) is 29.3 Å². The summed E-state index contributed by atoms with van der Waals surface area (Å²) in [5.74, 6) is 0.585. The number of rotatable bonds is 4.